The minimum atomic E-state index is -0.191. The molecule has 0 spiro atoms. The quantitative estimate of drug-likeness (QED) is 0.914. The largest absolute Gasteiger partial charge is 0.324 e. The van der Waals surface area contributed by atoms with Gasteiger partial charge >= 0.3 is 0 Å². The third-order valence-corrected chi connectivity index (χ3v) is 2.96. The Labute approximate surface area is 117 Å². The van der Waals surface area contributed by atoms with E-state index in [2.05, 4.69) is 15.6 Å². The molecule has 1 N–H and O–H groups in total. The lowest BCUT2D eigenvalue weighted by atomic mass is 10.1. The number of nitrogens with one attached hydrogen (secondary N) is 1. The Bertz CT molecular complexity index is 668. The maximum Gasteiger partial charge on any atom is 0.246 e. The molecule has 1 aromatic carbocycles. The number of carbonyl (C=O) groups excluding carboxylic acids is 1. The monoisotopic (exact) mass is 269 g/mol. The van der Waals surface area contributed by atoms with Gasteiger partial charge < -0.3 is 5.32 Å². The molecule has 0 saturated heterocycles. The Morgan fingerprint density at radius 3 is 2.95 bits per heavy atom. The first-order valence-corrected chi connectivity index (χ1v) is 6.32. The molecule has 0 fully saturated rings. The lowest BCUT2D eigenvalue weighted by molar-refractivity contribution is -0.116. The molecular formula is C14H15N5O. The summed E-state index contributed by atoms with van der Waals surface area (Å²) in [5, 5.41) is 18.9. The van der Waals surface area contributed by atoms with Gasteiger partial charge in [0.05, 0.1) is 6.20 Å². The lowest BCUT2D eigenvalue weighted by Crippen LogP contribution is -2.20. The Morgan fingerprint density at radius 1 is 1.50 bits per heavy atom. The summed E-state index contributed by atoms with van der Waals surface area (Å²) < 4.78 is 1.35. The van der Waals surface area contributed by atoms with E-state index in [1.807, 2.05) is 38.1 Å². The summed E-state index contributed by atoms with van der Waals surface area (Å²) in [6.45, 7) is 4.03. The number of nitrogens with zero attached hydrogens (tertiary/aromatic N) is 4. The lowest BCUT2D eigenvalue weighted by Gasteiger charge is -2.12. The van der Waals surface area contributed by atoms with Crippen molar-refractivity contribution in [3.05, 3.63) is 41.2 Å². The summed E-state index contributed by atoms with van der Waals surface area (Å²) >= 11 is 0. The number of benzene rings is 1. The number of nitriles is 1. The number of rotatable bonds is 4. The van der Waals surface area contributed by atoms with Gasteiger partial charge in [0.25, 0.3) is 0 Å². The molecule has 2 aromatic rings. The van der Waals surface area contributed by atoms with Crippen molar-refractivity contribution in [3.8, 4) is 6.07 Å². The van der Waals surface area contributed by atoms with Gasteiger partial charge in [-0.25, -0.2) is 4.68 Å². The zero-order chi connectivity index (χ0) is 14.5. The van der Waals surface area contributed by atoms with Crippen LogP contribution in [0, 0.1) is 18.3 Å². The molecule has 0 atom stereocenters. The third kappa shape index (κ3) is 3.01. The molecule has 0 aliphatic carbocycles. The molecule has 102 valence electrons. The van der Waals surface area contributed by atoms with Crippen molar-refractivity contribution in [1.29, 1.82) is 5.26 Å². The van der Waals surface area contributed by atoms with Crippen LogP contribution in [-0.4, -0.2) is 20.9 Å². The van der Waals surface area contributed by atoms with Gasteiger partial charge in [-0.2, -0.15) is 5.26 Å². The van der Waals surface area contributed by atoms with Gasteiger partial charge in [-0.1, -0.05) is 30.3 Å². The minimum absolute atomic E-state index is 0.0339. The molecular weight excluding hydrogens is 254 g/mol. The molecule has 1 heterocycles. The molecule has 0 aliphatic rings. The van der Waals surface area contributed by atoms with Crippen LogP contribution in [0.2, 0.25) is 0 Å². The van der Waals surface area contributed by atoms with E-state index in [-0.39, 0.29) is 18.1 Å². The highest BCUT2D eigenvalue weighted by Crippen LogP contribution is 2.20. The van der Waals surface area contributed by atoms with Gasteiger partial charge in [0.15, 0.2) is 5.69 Å². The number of carbonyl (C=O) groups is 1. The van der Waals surface area contributed by atoms with Crippen LogP contribution in [0.1, 0.15) is 23.7 Å². The Balaban J connectivity index is 2.10. The van der Waals surface area contributed by atoms with E-state index >= 15 is 0 Å². The van der Waals surface area contributed by atoms with Crippen LogP contribution in [0.15, 0.2) is 24.4 Å². The normalized spacial score (nSPS) is 10.1. The van der Waals surface area contributed by atoms with E-state index < -0.39 is 0 Å². The van der Waals surface area contributed by atoms with Crippen molar-refractivity contribution < 1.29 is 4.79 Å². The first-order valence-electron chi connectivity index (χ1n) is 6.32. The summed E-state index contributed by atoms with van der Waals surface area (Å²) in [5.74, 6) is -0.191. The predicted octanol–water partition coefficient (Wildman–Crippen LogP) is 1.66. The molecule has 1 amide bonds. The number of hydrogen-bond acceptors (Lipinski definition) is 4. The van der Waals surface area contributed by atoms with Crippen molar-refractivity contribution >= 4 is 11.6 Å². The van der Waals surface area contributed by atoms with E-state index in [0.29, 0.717) is 0 Å². The molecule has 0 saturated carbocycles. The van der Waals surface area contributed by atoms with Crippen molar-refractivity contribution in [2.45, 2.75) is 26.8 Å². The van der Waals surface area contributed by atoms with Crippen LogP contribution in [0.5, 0.6) is 0 Å². The molecule has 2 rings (SSSR count). The highest BCUT2D eigenvalue weighted by Gasteiger charge is 2.10. The van der Waals surface area contributed by atoms with Crippen molar-refractivity contribution in [3.63, 3.8) is 0 Å². The molecule has 0 aliphatic heterocycles. The Morgan fingerprint density at radius 2 is 2.30 bits per heavy atom. The van der Waals surface area contributed by atoms with E-state index in [9.17, 15) is 4.79 Å². The number of anilines is 1. The summed E-state index contributed by atoms with van der Waals surface area (Å²) in [7, 11) is 0. The van der Waals surface area contributed by atoms with Gasteiger partial charge in [0, 0.05) is 5.69 Å². The maximum absolute atomic E-state index is 12.0. The smallest absolute Gasteiger partial charge is 0.246 e. The van der Waals surface area contributed by atoms with Gasteiger partial charge in [0.2, 0.25) is 5.91 Å². The van der Waals surface area contributed by atoms with Crippen LogP contribution in [-0.2, 0) is 17.8 Å². The first kappa shape index (κ1) is 13.7. The van der Waals surface area contributed by atoms with E-state index in [4.69, 9.17) is 5.26 Å². The maximum atomic E-state index is 12.0. The number of aromatic nitrogens is 3. The third-order valence-electron chi connectivity index (χ3n) is 2.96. The van der Waals surface area contributed by atoms with E-state index in [1.165, 1.54) is 10.9 Å². The standard InChI is InChI=1S/C14H15N5O/c1-3-11-6-4-5-10(2)14(11)16-13(20)9-19-8-12(7-15)17-18-19/h4-6,8H,3,9H2,1-2H3,(H,16,20). The second-order valence-electron chi connectivity index (χ2n) is 4.42. The van der Waals surface area contributed by atoms with Crippen LogP contribution >= 0.6 is 0 Å². The fraction of sp³-hybridized carbons (Fsp3) is 0.286. The van der Waals surface area contributed by atoms with Crippen molar-refractivity contribution in [2.75, 3.05) is 5.32 Å². The zero-order valence-corrected chi connectivity index (χ0v) is 11.4. The zero-order valence-electron chi connectivity index (χ0n) is 11.4. The van der Waals surface area contributed by atoms with E-state index in [1.54, 1.807) is 0 Å². The Hall–Kier alpha value is -2.68. The highest BCUT2D eigenvalue weighted by molar-refractivity contribution is 5.92. The molecule has 0 radical (unpaired) electrons. The van der Waals surface area contributed by atoms with Gasteiger partial charge in [-0.15, -0.1) is 5.10 Å². The van der Waals surface area contributed by atoms with Crippen LogP contribution in [0.4, 0.5) is 5.69 Å². The van der Waals surface area contributed by atoms with Crippen LogP contribution < -0.4 is 5.32 Å². The predicted molar refractivity (Wildman–Crippen MR) is 73.9 cm³/mol. The molecule has 1 aromatic heterocycles. The van der Waals surface area contributed by atoms with Crippen LogP contribution in [0.25, 0.3) is 0 Å². The fourth-order valence-corrected chi connectivity index (χ4v) is 1.96. The second-order valence-corrected chi connectivity index (χ2v) is 4.42. The summed E-state index contributed by atoms with van der Waals surface area (Å²) in [6, 6.07) is 7.79. The SMILES string of the molecule is CCc1cccc(C)c1NC(=O)Cn1cc(C#N)nn1. The minimum Gasteiger partial charge on any atom is -0.324 e. The average Bonchev–Trinajstić information content (AvgIpc) is 2.88. The van der Waals surface area contributed by atoms with Crippen LogP contribution in [0.3, 0.4) is 0 Å². The van der Waals surface area contributed by atoms with Gasteiger partial charge in [-0.05, 0) is 24.5 Å². The number of amides is 1. The fourth-order valence-electron chi connectivity index (χ4n) is 1.96. The van der Waals surface area contributed by atoms with Crippen molar-refractivity contribution in [1.82, 2.24) is 15.0 Å². The first-order chi connectivity index (χ1) is 9.63. The molecule has 6 nitrogen and oxygen atoms in total. The van der Waals surface area contributed by atoms with Gasteiger partial charge in [-0.3, -0.25) is 4.79 Å². The van der Waals surface area contributed by atoms with Crippen molar-refractivity contribution in [2.24, 2.45) is 0 Å². The Kier molecular flexibility index (Phi) is 4.11. The average molecular weight is 269 g/mol. The molecule has 6 heteroatoms. The molecule has 20 heavy (non-hydrogen) atoms. The molecule has 0 unspecified atom stereocenters. The summed E-state index contributed by atoms with van der Waals surface area (Å²) in [4.78, 5) is 12.0. The highest BCUT2D eigenvalue weighted by atomic mass is 16.2. The number of aryl methyl sites for hydroxylation is 2. The van der Waals surface area contributed by atoms with E-state index in [0.717, 1.165) is 23.2 Å². The van der Waals surface area contributed by atoms with Gasteiger partial charge in [0.1, 0.15) is 12.6 Å². The second kappa shape index (κ2) is 5.97. The summed E-state index contributed by atoms with van der Waals surface area (Å²) in [5.41, 5.74) is 3.16. The topological polar surface area (TPSA) is 83.6 Å². The summed E-state index contributed by atoms with van der Waals surface area (Å²) in [6.07, 6.45) is 2.29. The number of hydrogen-bond donors (Lipinski definition) is 1. The molecule has 0 bridgehead atoms. The number of para-hydroxylation sites is 1.